The number of aryl methyl sites for hydroxylation is 2. The van der Waals surface area contributed by atoms with Gasteiger partial charge in [-0.3, -0.25) is 10.1 Å². The zero-order valence-corrected chi connectivity index (χ0v) is 16.8. The van der Waals surface area contributed by atoms with Crippen molar-refractivity contribution in [1.82, 2.24) is 20.2 Å². The fourth-order valence-corrected chi connectivity index (χ4v) is 3.83. The molecule has 7 heteroatoms. The number of hydrogen-bond donors (Lipinski definition) is 2. The predicted molar refractivity (Wildman–Crippen MR) is 112 cm³/mol. The van der Waals surface area contributed by atoms with Crippen LogP contribution in [0.25, 0.3) is 11.0 Å². The molecule has 3 rings (SSSR count). The predicted octanol–water partition coefficient (Wildman–Crippen LogP) is 3.61. The maximum Gasteiger partial charge on any atom is 0.321 e. The van der Waals surface area contributed by atoms with E-state index in [0.717, 1.165) is 29.2 Å². The van der Waals surface area contributed by atoms with Gasteiger partial charge in [-0.15, -0.1) is 0 Å². The summed E-state index contributed by atoms with van der Waals surface area (Å²) in [6, 6.07) is 17.8. The van der Waals surface area contributed by atoms with Gasteiger partial charge >= 0.3 is 6.03 Å². The van der Waals surface area contributed by atoms with E-state index in [1.807, 2.05) is 42.5 Å². The molecule has 1 heterocycles. The fourth-order valence-electron chi connectivity index (χ4n) is 2.87. The molecule has 0 aliphatic carbocycles. The van der Waals surface area contributed by atoms with Crippen LogP contribution in [0.1, 0.15) is 19.4 Å². The molecule has 2 aromatic carbocycles. The lowest BCUT2D eigenvalue weighted by Crippen LogP contribution is -2.42. The Morgan fingerprint density at radius 1 is 1.11 bits per heavy atom. The van der Waals surface area contributed by atoms with Crippen molar-refractivity contribution in [3.63, 3.8) is 0 Å². The maximum atomic E-state index is 12.3. The van der Waals surface area contributed by atoms with E-state index >= 15 is 0 Å². The van der Waals surface area contributed by atoms with E-state index in [4.69, 9.17) is 4.98 Å². The van der Waals surface area contributed by atoms with E-state index < -0.39 is 11.3 Å². The number of nitrogens with zero attached hydrogens (tertiary/aromatic N) is 2. The summed E-state index contributed by atoms with van der Waals surface area (Å²) >= 11 is 1.36. The van der Waals surface area contributed by atoms with Crippen molar-refractivity contribution in [2.45, 2.75) is 37.2 Å². The largest absolute Gasteiger partial charge is 0.338 e. The highest BCUT2D eigenvalue weighted by Crippen LogP contribution is 2.27. The molecule has 0 radical (unpaired) electrons. The Labute approximate surface area is 168 Å². The average Bonchev–Trinajstić information content (AvgIpc) is 3.04. The molecule has 0 aliphatic heterocycles. The van der Waals surface area contributed by atoms with Crippen LogP contribution in [-0.2, 0) is 17.8 Å². The summed E-state index contributed by atoms with van der Waals surface area (Å²) < 4.78 is 2.14. The van der Waals surface area contributed by atoms with Crippen molar-refractivity contribution in [3.05, 3.63) is 60.2 Å². The number of thioether (sulfide) groups is 1. The lowest BCUT2D eigenvalue weighted by atomic mass is 10.1. The van der Waals surface area contributed by atoms with Gasteiger partial charge in [-0.1, -0.05) is 54.2 Å². The summed E-state index contributed by atoms with van der Waals surface area (Å²) in [5.74, 6) is -0.336. The van der Waals surface area contributed by atoms with Crippen LogP contribution in [0.15, 0.2) is 59.8 Å². The molecule has 6 nitrogen and oxygen atoms in total. The Morgan fingerprint density at radius 3 is 2.57 bits per heavy atom. The highest BCUT2D eigenvalue weighted by Gasteiger charge is 2.20. The summed E-state index contributed by atoms with van der Waals surface area (Å²) in [5, 5.41) is 5.26. The number of amides is 3. The molecule has 146 valence electrons. The zero-order valence-electron chi connectivity index (χ0n) is 16.0. The first kappa shape index (κ1) is 19.9. The molecule has 0 saturated heterocycles. The van der Waals surface area contributed by atoms with Gasteiger partial charge in [0.2, 0.25) is 5.91 Å². The molecule has 1 unspecified atom stereocenters. The van der Waals surface area contributed by atoms with Crippen molar-refractivity contribution in [2.24, 2.45) is 0 Å². The van der Waals surface area contributed by atoms with Crippen LogP contribution in [0.4, 0.5) is 4.79 Å². The van der Waals surface area contributed by atoms with E-state index in [-0.39, 0.29) is 5.91 Å². The first-order chi connectivity index (χ1) is 13.6. The van der Waals surface area contributed by atoms with Crippen LogP contribution in [0.2, 0.25) is 0 Å². The number of benzene rings is 2. The van der Waals surface area contributed by atoms with Gasteiger partial charge in [-0.2, -0.15) is 0 Å². The second-order valence-corrected chi connectivity index (χ2v) is 7.69. The normalized spacial score (nSPS) is 11.9. The topological polar surface area (TPSA) is 76.0 Å². The lowest BCUT2D eigenvalue weighted by molar-refractivity contribution is -0.119. The second-order valence-electron chi connectivity index (χ2n) is 6.38. The first-order valence-corrected chi connectivity index (χ1v) is 10.2. The Hall–Kier alpha value is -2.80. The number of imidazole rings is 1. The molecule has 0 fully saturated rings. The third-order valence-corrected chi connectivity index (χ3v) is 5.40. The number of aromatic nitrogens is 2. The molecule has 1 atom stereocenters. The van der Waals surface area contributed by atoms with E-state index in [1.54, 1.807) is 13.8 Å². The van der Waals surface area contributed by atoms with Gasteiger partial charge in [0.1, 0.15) is 0 Å². The van der Waals surface area contributed by atoms with Crippen LogP contribution in [0.3, 0.4) is 0 Å². The quantitative estimate of drug-likeness (QED) is 0.598. The first-order valence-electron chi connectivity index (χ1n) is 9.33. The monoisotopic (exact) mass is 396 g/mol. The van der Waals surface area contributed by atoms with E-state index in [0.29, 0.717) is 6.54 Å². The number of nitrogens with one attached hydrogen (secondary N) is 2. The van der Waals surface area contributed by atoms with Crippen LogP contribution in [-0.4, -0.2) is 33.3 Å². The third kappa shape index (κ3) is 4.92. The van der Waals surface area contributed by atoms with Crippen LogP contribution in [0, 0.1) is 0 Å². The molecule has 3 aromatic rings. The highest BCUT2D eigenvalue weighted by molar-refractivity contribution is 8.00. The SMILES string of the molecule is CCNC(=O)NC(=O)C(C)Sc1nc2ccccc2n1CCc1ccccc1. The fraction of sp³-hybridized carbons (Fsp3) is 0.286. The van der Waals surface area contributed by atoms with E-state index in [2.05, 4.69) is 27.3 Å². The van der Waals surface area contributed by atoms with E-state index in [9.17, 15) is 9.59 Å². The summed E-state index contributed by atoms with van der Waals surface area (Å²) in [6.45, 7) is 4.81. The standard InChI is InChI=1S/C21H24N4O2S/c1-3-22-20(27)24-19(26)15(2)28-21-23-17-11-7-8-12-18(17)25(21)14-13-16-9-5-4-6-10-16/h4-12,15H,3,13-14H2,1-2H3,(H2,22,24,26,27). The molecule has 2 N–H and O–H groups in total. The van der Waals surface area contributed by atoms with Gasteiger partial charge in [0.15, 0.2) is 5.16 Å². The van der Waals surface area contributed by atoms with Crippen LogP contribution >= 0.6 is 11.8 Å². The van der Waals surface area contributed by atoms with Gasteiger partial charge < -0.3 is 9.88 Å². The summed E-state index contributed by atoms with van der Waals surface area (Å²) in [5.41, 5.74) is 3.19. The number of para-hydroxylation sites is 2. The van der Waals surface area contributed by atoms with Gasteiger partial charge in [-0.25, -0.2) is 9.78 Å². The smallest absolute Gasteiger partial charge is 0.321 e. The summed E-state index contributed by atoms with van der Waals surface area (Å²) in [4.78, 5) is 28.6. The number of rotatable bonds is 7. The minimum absolute atomic E-state index is 0.336. The van der Waals surface area contributed by atoms with Crippen molar-refractivity contribution in [2.75, 3.05) is 6.54 Å². The van der Waals surface area contributed by atoms with E-state index in [1.165, 1.54) is 17.3 Å². The molecule has 0 bridgehead atoms. The van der Waals surface area contributed by atoms with Crippen LogP contribution in [0.5, 0.6) is 0 Å². The zero-order chi connectivity index (χ0) is 19.9. The van der Waals surface area contributed by atoms with Crippen molar-refractivity contribution < 1.29 is 9.59 Å². The van der Waals surface area contributed by atoms with Gasteiger partial charge in [0.25, 0.3) is 0 Å². The molecule has 28 heavy (non-hydrogen) atoms. The van der Waals surface area contributed by atoms with Gasteiger partial charge in [0.05, 0.1) is 16.3 Å². The number of carbonyl (C=O) groups excluding carboxylic acids is 2. The van der Waals surface area contributed by atoms with Crippen molar-refractivity contribution in [3.8, 4) is 0 Å². The minimum atomic E-state index is -0.475. The third-order valence-electron chi connectivity index (χ3n) is 4.31. The molecule has 0 spiro atoms. The summed E-state index contributed by atoms with van der Waals surface area (Å²) in [6.07, 6.45) is 0.869. The second kappa shape index (κ2) is 9.41. The highest BCUT2D eigenvalue weighted by atomic mass is 32.2. The average molecular weight is 397 g/mol. The number of fused-ring (bicyclic) bond motifs is 1. The molecule has 3 amide bonds. The minimum Gasteiger partial charge on any atom is -0.338 e. The number of hydrogen-bond acceptors (Lipinski definition) is 4. The number of carbonyl (C=O) groups is 2. The Balaban J connectivity index is 1.78. The lowest BCUT2D eigenvalue weighted by Gasteiger charge is -2.13. The number of imide groups is 1. The van der Waals surface area contributed by atoms with Gasteiger partial charge in [-0.05, 0) is 38.0 Å². The van der Waals surface area contributed by atoms with Gasteiger partial charge in [0, 0.05) is 13.1 Å². The maximum absolute atomic E-state index is 12.3. The Morgan fingerprint density at radius 2 is 1.82 bits per heavy atom. The molecular formula is C21H24N4O2S. The molecule has 1 aromatic heterocycles. The Kier molecular flexibility index (Phi) is 6.71. The van der Waals surface area contributed by atoms with Crippen LogP contribution < -0.4 is 10.6 Å². The Bertz CT molecular complexity index is 955. The molecular weight excluding hydrogens is 372 g/mol. The van der Waals surface area contributed by atoms with Crippen molar-refractivity contribution >= 4 is 34.7 Å². The molecule has 0 aliphatic rings. The summed E-state index contributed by atoms with van der Waals surface area (Å²) in [7, 11) is 0. The molecule has 0 saturated carbocycles. The number of urea groups is 1. The van der Waals surface area contributed by atoms with Crippen molar-refractivity contribution in [1.29, 1.82) is 0 Å².